The molecule has 0 aliphatic heterocycles. The van der Waals surface area contributed by atoms with E-state index >= 15 is 0 Å². The van der Waals surface area contributed by atoms with Crippen molar-refractivity contribution in [2.75, 3.05) is 6.61 Å². The molecule has 0 aromatic heterocycles. The highest BCUT2D eigenvalue weighted by atomic mass is 16.3. The SMILES string of the molecule is CC(C)=CCC[C@](C)(O)CCC[C@](C)(O)CCC[C@](C)(O)CCC[C@@](C)(O)CCC[C@](C)(O)CCC/C(C)=C/CC/C(C)=C/CC/C(C)=C/CO. The van der Waals surface area contributed by atoms with Gasteiger partial charge in [0.2, 0.25) is 0 Å². The molecule has 0 aliphatic carbocycles. The van der Waals surface area contributed by atoms with Crippen molar-refractivity contribution in [1.29, 1.82) is 0 Å². The predicted octanol–water partition coefficient (Wildman–Crippen LogP) is 10.7. The highest BCUT2D eigenvalue weighted by Crippen LogP contribution is 2.31. The summed E-state index contributed by atoms with van der Waals surface area (Å²) in [6.45, 7) is 20.1. The second-order valence-corrected chi connectivity index (χ2v) is 18.0. The molecule has 0 saturated carbocycles. The van der Waals surface area contributed by atoms with Crippen LogP contribution in [-0.2, 0) is 0 Å². The summed E-state index contributed by atoms with van der Waals surface area (Å²) in [5.41, 5.74) is 1.32. The zero-order valence-corrected chi connectivity index (χ0v) is 35.0. The molecule has 0 unspecified atom stereocenters. The Bertz CT molecular complexity index is 1050. The number of allylic oxidation sites excluding steroid dienone is 7. The topological polar surface area (TPSA) is 121 Å². The van der Waals surface area contributed by atoms with Gasteiger partial charge in [-0.05, 0) is 204 Å². The van der Waals surface area contributed by atoms with E-state index in [0.717, 1.165) is 83.5 Å². The van der Waals surface area contributed by atoms with E-state index in [2.05, 4.69) is 52.8 Å². The van der Waals surface area contributed by atoms with Crippen LogP contribution in [-0.4, -0.2) is 65.3 Å². The first-order valence-electron chi connectivity index (χ1n) is 20.3. The number of aliphatic hydroxyl groups is 6. The molecule has 0 spiro atoms. The third-order valence-electron chi connectivity index (χ3n) is 10.7. The standard InChI is InChI=1S/C45H84O6/c1-37(2)19-13-26-41(6,47)28-15-30-43(8,49)32-17-34-45(10,51)35-18-33-44(9,50)31-16-29-42(7,48)27-14-24-39(4)22-11-20-38(3)21-12-23-40(5)25-36-46/h19,21-22,25,46-51H,11-18,20,23-24,26-36H2,1-10H3/b38-21+,39-22+,40-25+/t41-,42+,43-,44-,45-/m0/s1. The van der Waals surface area contributed by atoms with Crippen molar-refractivity contribution in [3.8, 4) is 0 Å². The first-order valence-corrected chi connectivity index (χ1v) is 20.3. The fourth-order valence-electron chi connectivity index (χ4n) is 7.00. The lowest BCUT2D eigenvalue weighted by Crippen LogP contribution is -2.30. The van der Waals surface area contributed by atoms with Crippen molar-refractivity contribution in [2.24, 2.45) is 0 Å². The third-order valence-corrected chi connectivity index (χ3v) is 10.7. The van der Waals surface area contributed by atoms with E-state index in [0.29, 0.717) is 51.4 Å². The van der Waals surface area contributed by atoms with Gasteiger partial charge in [-0.3, -0.25) is 0 Å². The zero-order valence-electron chi connectivity index (χ0n) is 35.0. The second kappa shape index (κ2) is 24.9. The predicted molar refractivity (Wildman–Crippen MR) is 218 cm³/mol. The third kappa shape index (κ3) is 29.8. The van der Waals surface area contributed by atoms with E-state index in [1.807, 2.05) is 40.7 Å². The van der Waals surface area contributed by atoms with Crippen molar-refractivity contribution < 1.29 is 30.6 Å². The lowest BCUT2D eigenvalue weighted by atomic mass is 9.84. The smallest absolute Gasteiger partial charge is 0.0622 e. The minimum atomic E-state index is -0.843. The Hall–Kier alpha value is -1.28. The number of hydrogen-bond donors (Lipinski definition) is 6. The molecular weight excluding hydrogens is 636 g/mol. The second-order valence-electron chi connectivity index (χ2n) is 18.0. The van der Waals surface area contributed by atoms with Crippen LogP contribution in [0.2, 0.25) is 0 Å². The van der Waals surface area contributed by atoms with Gasteiger partial charge in [-0.15, -0.1) is 0 Å². The zero-order chi connectivity index (χ0) is 39.2. The summed E-state index contributed by atoms with van der Waals surface area (Å²) >= 11 is 0. The Kier molecular flexibility index (Phi) is 24.3. The summed E-state index contributed by atoms with van der Waals surface area (Å²) < 4.78 is 0. The lowest BCUT2D eigenvalue weighted by Gasteiger charge is -2.30. The maximum Gasteiger partial charge on any atom is 0.0622 e. The van der Waals surface area contributed by atoms with Gasteiger partial charge >= 0.3 is 0 Å². The van der Waals surface area contributed by atoms with Crippen LogP contribution in [0.15, 0.2) is 46.6 Å². The van der Waals surface area contributed by atoms with Crippen molar-refractivity contribution in [3.05, 3.63) is 46.6 Å². The first kappa shape index (κ1) is 49.7. The van der Waals surface area contributed by atoms with E-state index in [1.165, 1.54) is 22.3 Å². The molecule has 0 rings (SSSR count). The Labute approximate surface area is 315 Å². The fraction of sp³-hybridized carbons (Fsp3) is 0.822. The molecule has 0 heterocycles. The molecule has 0 saturated heterocycles. The molecule has 0 fully saturated rings. The highest BCUT2D eigenvalue weighted by Gasteiger charge is 2.28. The molecule has 300 valence electrons. The van der Waals surface area contributed by atoms with Gasteiger partial charge in [-0.2, -0.15) is 0 Å². The van der Waals surface area contributed by atoms with Crippen molar-refractivity contribution in [3.63, 3.8) is 0 Å². The molecule has 6 heteroatoms. The normalized spacial score (nSPS) is 19.1. The number of hydrogen-bond acceptors (Lipinski definition) is 6. The Morgan fingerprint density at radius 3 is 1.00 bits per heavy atom. The molecule has 0 bridgehead atoms. The average molecular weight is 721 g/mol. The van der Waals surface area contributed by atoms with E-state index in [-0.39, 0.29) is 6.61 Å². The van der Waals surface area contributed by atoms with Gasteiger partial charge in [0.1, 0.15) is 0 Å². The van der Waals surface area contributed by atoms with Crippen LogP contribution in [0.5, 0.6) is 0 Å². The molecule has 51 heavy (non-hydrogen) atoms. The van der Waals surface area contributed by atoms with Crippen LogP contribution in [0.25, 0.3) is 0 Å². The molecular formula is C45H84O6. The monoisotopic (exact) mass is 721 g/mol. The Morgan fingerprint density at radius 2 is 0.667 bits per heavy atom. The molecule has 0 aliphatic rings. The molecule has 5 atom stereocenters. The summed E-state index contributed by atoms with van der Waals surface area (Å²) in [6, 6.07) is 0. The summed E-state index contributed by atoms with van der Waals surface area (Å²) in [5.74, 6) is 0. The summed E-state index contributed by atoms with van der Waals surface area (Å²) in [7, 11) is 0. The van der Waals surface area contributed by atoms with E-state index in [4.69, 9.17) is 5.11 Å². The van der Waals surface area contributed by atoms with Crippen molar-refractivity contribution >= 4 is 0 Å². The van der Waals surface area contributed by atoms with Gasteiger partial charge in [-0.25, -0.2) is 0 Å². The van der Waals surface area contributed by atoms with Crippen LogP contribution >= 0.6 is 0 Å². The average Bonchev–Trinajstić information content (AvgIpc) is 2.96. The minimum Gasteiger partial charge on any atom is -0.392 e. The van der Waals surface area contributed by atoms with Gasteiger partial charge in [0.25, 0.3) is 0 Å². The van der Waals surface area contributed by atoms with E-state index in [1.54, 1.807) is 0 Å². The van der Waals surface area contributed by atoms with Gasteiger partial charge in [-0.1, -0.05) is 46.6 Å². The molecule has 6 N–H and O–H groups in total. The molecule has 6 nitrogen and oxygen atoms in total. The summed E-state index contributed by atoms with van der Waals surface area (Å²) in [4.78, 5) is 0. The number of rotatable bonds is 30. The quantitative estimate of drug-likeness (QED) is 0.0411. The van der Waals surface area contributed by atoms with Gasteiger partial charge < -0.3 is 30.6 Å². The van der Waals surface area contributed by atoms with Crippen molar-refractivity contribution in [2.45, 2.75) is 232 Å². The van der Waals surface area contributed by atoms with E-state index < -0.39 is 28.0 Å². The first-order chi connectivity index (χ1) is 23.5. The molecule has 0 radical (unpaired) electrons. The minimum absolute atomic E-state index is 0.115. The summed E-state index contributed by atoms with van der Waals surface area (Å²) in [6.07, 6.45) is 25.0. The lowest BCUT2D eigenvalue weighted by molar-refractivity contribution is -0.00579. The maximum absolute atomic E-state index is 11.0. The van der Waals surface area contributed by atoms with Crippen LogP contribution in [0.3, 0.4) is 0 Å². The number of aliphatic hydroxyl groups excluding tert-OH is 1. The van der Waals surface area contributed by atoms with Gasteiger partial charge in [0, 0.05) is 0 Å². The van der Waals surface area contributed by atoms with Crippen LogP contribution in [0.1, 0.15) is 204 Å². The Balaban J connectivity index is 4.33. The van der Waals surface area contributed by atoms with Crippen LogP contribution < -0.4 is 0 Å². The van der Waals surface area contributed by atoms with Crippen molar-refractivity contribution in [1.82, 2.24) is 0 Å². The van der Waals surface area contributed by atoms with Crippen LogP contribution in [0.4, 0.5) is 0 Å². The maximum atomic E-state index is 11.0. The van der Waals surface area contributed by atoms with Crippen LogP contribution in [0, 0.1) is 0 Å². The van der Waals surface area contributed by atoms with E-state index in [9.17, 15) is 25.5 Å². The molecule has 0 amide bonds. The van der Waals surface area contributed by atoms with Gasteiger partial charge in [0.15, 0.2) is 0 Å². The Morgan fingerprint density at radius 1 is 0.373 bits per heavy atom. The van der Waals surface area contributed by atoms with Gasteiger partial charge in [0.05, 0.1) is 34.6 Å². The molecule has 0 aromatic carbocycles. The summed E-state index contributed by atoms with van der Waals surface area (Å²) in [5, 5.41) is 63.6. The fourth-order valence-corrected chi connectivity index (χ4v) is 7.00. The highest BCUT2D eigenvalue weighted by molar-refractivity contribution is 5.06. The largest absolute Gasteiger partial charge is 0.392 e. The molecule has 0 aromatic rings.